The largest absolute Gasteiger partial charge is 0.381 e. The molecule has 102 valence electrons. The number of hydrogen-bond acceptors (Lipinski definition) is 3. The SMILES string of the molecule is COC1CC(NCc2cncn2C(C)C)C1(C)C. The van der Waals surface area contributed by atoms with Gasteiger partial charge in [0.2, 0.25) is 0 Å². The van der Waals surface area contributed by atoms with Crippen molar-refractivity contribution >= 4 is 0 Å². The fourth-order valence-electron chi connectivity index (χ4n) is 2.79. The third-order valence-electron chi connectivity index (χ3n) is 4.29. The van der Waals surface area contributed by atoms with Crippen LogP contribution in [0.15, 0.2) is 12.5 Å². The highest BCUT2D eigenvalue weighted by atomic mass is 16.5. The molecule has 1 aliphatic carbocycles. The highest BCUT2D eigenvalue weighted by Crippen LogP contribution is 2.42. The molecular formula is C14H25N3O. The summed E-state index contributed by atoms with van der Waals surface area (Å²) in [5, 5.41) is 3.63. The lowest BCUT2D eigenvalue weighted by Crippen LogP contribution is -2.60. The van der Waals surface area contributed by atoms with Gasteiger partial charge in [-0.25, -0.2) is 4.98 Å². The minimum absolute atomic E-state index is 0.220. The van der Waals surface area contributed by atoms with Gasteiger partial charge < -0.3 is 14.6 Å². The van der Waals surface area contributed by atoms with Gasteiger partial charge >= 0.3 is 0 Å². The fraction of sp³-hybridized carbons (Fsp3) is 0.786. The maximum atomic E-state index is 5.47. The summed E-state index contributed by atoms with van der Waals surface area (Å²) in [6, 6.07) is 0.989. The van der Waals surface area contributed by atoms with Crippen LogP contribution >= 0.6 is 0 Å². The van der Waals surface area contributed by atoms with Crippen LogP contribution in [0.1, 0.15) is 45.9 Å². The summed E-state index contributed by atoms with van der Waals surface area (Å²) in [6.45, 7) is 9.77. The Balaban J connectivity index is 1.91. The van der Waals surface area contributed by atoms with Gasteiger partial charge in [0.1, 0.15) is 0 Å². The minimum atomic E-state index is 0.220. The molecule has 2 rings (SSSR count). The van der Waals surface area contributed by atoms with Crippen LogP contribution in [0.3, 0.4) is 0 Å². The minimum Gasteiger partial charge on any atom is -0.381 e. The lowest BCUT2D eigenvalue weighted by atomic mass is 9.64. The Morgan fingerprint density at radius 1 is 1.56 bits per heavy atom. The van der Waals surface area contributed by atoms with E-state index in [1.807, 2.05) is 12.5 Å². The smallest absolute Gasteiger partial charge is 0.0951 e. The Morgan fingerprint density at radius 2 is 2.28 bits per heavy atom. The van der Waals surface area contributed by atoms with Crippen molar-refractivity contribution in [2.45, 2.75) is 58.8 Å². The molecule has 0 saturated heterocycles. The fourth-order valence-corrected chi connectivity index (χ4v) is 2.79. The third kappa shape index (κ3) is 2.31. The molecule has 1 saturated carbocycles. The molecule has 0 spiro atoms. The van der Waals surface area contributed by atoms with Crippen molar-refractivity contribution < 1.29 is 4.74 Å². The van der Waals surface area contributed by atoms with Crippen LogP contribution in [-0.4, -0.2) is 28.8 Å². The zero-order chi connectivity index (χ0) is 13.3. The van der Waals surface area contributed by atoms with E-state index in [-0.39, 0.29) is 5.41 Å². The second-order valence-electron chi connectivity index (χ2n) is 6.10. The molecule has 1 aromatic rings. The van der Waals surface area contributed by atoms with Crippen molar-refractivity contribution in [1.82, 2.24) is 14.9 Å². The molecule has 0 bridgehead atoms. The summed E-state index contributed by atoms with van der Waals surface area (Å²) in [7, 11) is 1.80. The molecule has 1 N–H and O–H groups in total. The van der Waals surface area contributed by atoms with Crippen molar-refractivity contribution in [3.8, 4) is 0 Å². The van der Waals surface area contributed by atoms with Crippen molar-refractivity contribution in [3.63, 3.8) is 0 Å². The summed E-state index contributed by atoms with van der Waals surface area (Å²) in [5.74, 6) is 0. The number of nitrogens with one attached hydrogen (secondary N) is 1. The Hall–Kier alpha value is -0.870. The quantitative estimate of drug-likeness (QED) is 0.873. The zero-order valence-corrected chi connectivity index (χ0v) is 12.1. The number of ether oxygens (including phenoxy) is 1. The summed E-state index contributed by atoms with van der Waals surface area (Å²) < 4.78 is 7.69. The van der Waals surface area contributed by atoms with Gasteiger partial charge in [0.15, 0.2) is 0 Å². The molecule has 2 atom stereocenters. The van der Waals surface area contributed by atoms with Gasteiger partial charge in [0.25, 0.3) is 0 Å². The molecule has 4 heteroatoms. The first-order chi connectivity index (χ1) is 8.46. The summed E-state index contributed by atoms with van der Waals surface area (Å²) in [4.78, 5) is 4.23. The molecule has 1 aliphatic rings. The van der Waals surface area contributed by atoms with Crippen LogP contribution in [0.2, 0.25) is 0 Å². The number of methoxy groups -OCH3 is 1. The number of rotatable bonds is 5. The van der Waals surface area contributed by atoms with E-state index in [2.05, 4.69) is 42.6 Å². The average Bonchev–Trinajstić information content (AvgIpc) is 2.76. The van der Waals surface area contributed by atoms with E-state index in [1.165, 1.54) is 5.69 Å². The first-order valence-corrected chi connectivity index (χ1v) is 6.73. The van der Waals surface area contributed by atoms with Gasteiger partial charge in [-0.2, -0.15) is 0 Å². The van der Waals surface area contributed by atoms with Crippen LogP contribution in [0.25, 0.3) is 0 Å². The van der Waals surface area contributed by atoms with Gasteiger partial charge in [-0.3, -0.25) is 0 Å². The second kappa shape index (κ2) is 5.02. The number of aromatic nitrogens is 2. The van der Waals surface area contributed by atoms with E-state index in [4.69, 9.17) is 4.74 Å². The van der Waals surface area contributed by atoms with Gasteiger partial charge in [-0.05, 0) is 20.3 Å². The molecule has 1 aromatic heterocycles. The van der Waals surface area contributed by atoms with E-state index < -0.39 is 0 Å². The van der Waals surface area contributed by atoms with Gasteiger partial charge in [0.05, 0.1) is 18.1 Å². The topological polar surface area (TPSA) is 39.1 Å². The molecular weight excluding hydrogens is 226 g/mol. The lowest BCUT2D eigenvalue weighted by molar-refractivity contribution is -0.0980. The standard InChI is InChI=1S/C14H25N3O/c1-10(2)17-9-15-7-11(17)8-16-12-6-13(18-5)14(12,3)4/h7,9-10,12-13,16H,6,8H2,1-5H3. The molecule has 0 amide bonds. The van der Waals surface area contributed by atoms with Gasteiger partial charge in [-0.1, -0.05) is 13.8 Å². The molecule has 18 heavy (non-hydrogen) atoms. The highest BCUT2D eigenvalue weighted by Gasteiger charge is 2.48. The first-order valence-electron chi connectivity index (χ1n) is 6.73. The summed E-state index contributed by atoms with van der Waals surface area (Å²) in [5.41, 5.74) is 1.47. The molecule has 1 heterocycles. The Kier molecular flexibility index (Phi) is 3.78. The van der Waals surface area contributed by atoms with E-state index >= 15 is 0 Å². The van der Waals surface area contributed by atoms with Crippen LogP contribution in [0.4, 0.5) is 0 Å². The van der Waals surface area contributed by atoms with Crippen molar-refractivity contribution in [1.29, 1.82) is 0 Å². The number of imidazole rings is 1. The third-order valence-corrected chi connectivity index (χ3v) is 4.29. The monoisotopic (exact) mass is 251 g/mol. The predicted octanol–water partition coefficient (Wildman–Crippen LogP) is 2.37. The molecule has 0 aromatic carbocycles. The van der Waals surface area contributed by atoms with Crippen molar-refractivity contribution in [2.75, 3.05) is 7.11 Å². The number of nitrogens with zero attached hydrogens (tertiary/aromatic N) is 2. The maximum absolute atomic E-state index is 5.47. The van der Waals surface area contributed by atoms with E-state index in [0.717, 1.165) is 13.0 Å². The lowest BCUT2D eigenvalue weighted by Gasteiger charge is -2.51. The summed E-state index contributed by atoms with van der Waals surface area (Å²) in [6.07, 6.45) is 5.34. The molecule has 4 nitrogen and oxygen atoms in total. The van der Waals surface area contributed by atoms with Crippen molar-refractivity contribution in [2.24, 2.45) is 5.41 Å². The van der Waals surface area contributed by atoms with Gasteiger partial charge in [-0.15, -0.1) is 0 Å². The maximum Gasteiger partial charge on any atom is 0.0951 e. The first kappa shape index (κ1) is 13.6. The Bertz CT molecular complexity index is 397. The van der Waals surface area contributed by atoms with E-state index in [1.54, 1.807) is 7.11 Å². The molecule has 2 unspecified atom stereocenters. The van der Waals surface area contributed by atoms with E-state index in [0.29, 0.717) is 18.2 Å². The highest BCUT2D eigenvalue weighted by molar-refractivity contribution is 5.05. The Labute approximate surface area is 110 Å². The van der Waals surface area contributed by atoms with Crippen LogP contribution < -0.4 is 5.32 Å². The molecule has 0 aliphatic heterocycles. The molecule has 0 radical (unpaired) electrons. The zero-order valence-electron chi connectivity index (χ0n) is 12.1. The van der Waals surface area contributed by atoms with Gasteiger partial charge in [0, 0.05) is 37.4 Å². The molecule has 1 fully saturated rings. The number of hydrogen-bond donors (Lipinski definition) is 1. The van der Waals surface area contributed by atoms with E-state index in [9.17, 15) is 0 Å². The summed E-state index contributed by atoms with van der Waals surface area (Å²) >= 11 is 0. The second-order valence-corrected chi connectivity index (χ2v) is 6.10. The Morgan fingerprint density at radius 3 is 2.83 bits per heavy atom. The van der Waals surface area contributed by atoms with Crippen molar-refractivity contribution in [3.05, 3.63) is 18.2 Å². The van der Waals surface area contributed by atoms with Crippen LogP contribution in [0.5, 0.6) is 0 Å². The average molecular weight is 251 g/mol. The van der Waals surface area contributed by atoms with Crippen LogP contribution in [0, 0.1) is 5.41 Å². The predicted molar refractivity (Wildman–Crippen MR) is 72.4 cm³/mol. The normalized spacial score (nSPS) is 26.3. The van der Waals surface area contributed by atoms with Crippen LogP contribution in [-0.2, 0) is 11.3 Å².